The molecule has 0 saturated heterocycles. The smallest absolute Gasteiger partial charge is 0.225 e. The first-order valence-corrected chi connectivity index (χ1v) is 7.44. The maximum atomic E-state index is 12.0. The van der Waals surface area contributed by atoms with E-state index in [9.17, 15) is 4.79 Å². The van der Waals surface area contributed by atoms with Gasteiger partial charge >= 0.3 is 0 Å². The predicted octanol–water partition coefficient (Wildman–Crippen LogP) is 3.80. The molecule has 0 atom stereocenters. The maximum absolute atomic E-state index is 12.0. The molecule has 1 amide bonds. The lowest BCUT2D eigenvalue weighted by molar-refractivity contribution is -0.116. The highest BCUT2D eigenvalue weighted by atomic mass is 79.9. The minimum Gasteiger partial charge on any atom is -0.311 e. The Morgan fingerprint density at radius 2 is 2.10 bits per heavy atom. The molecule has 0 fully saturated rings. The van der Waals surface area contributed by atoms with Gasteiger partial charge in [-0.3, -0.25) is 4.79 Å². The Bertz CT molecular complexity index is 592. The van der Waals surface area contributed by atoms with Crippen LogP contribution in [0, 0.1) is 0 Å². The first kappa shape index (κ1) is 14.8. The molecule has 1 heterocycles. The van der Waals surface area contributed by atoms with Gasteiger partial charge in [-0.15, -0.1) is 0 Å². The number of amides is 1. The van der Waals surface area contributed by atoms with Crippen LogP contribution in [0.25, 0.3) is 0 Å². The van der Waals surface area contributed by atoms with Crippen LogP contribution in [0.2, 0.25) is 0 Å². The number of rotatable bonds is 5. The Morgan fingerprint density at radius 1 is 1.35 bits per heavy atom. The highest BCUT2D eigenvalue weighted by molar-refractivity contribution is 9.10. The molecule has 20 heavy (non-hydrogen) atoms. The Morgan fingerprint density at radius 3 is 2.80 bits per heavy atom. The fourth-order valence-corrected chi connectivity index (χ4v) is 2.46. The first-order valence-electron chi connectivity index (χ1n) is 6.64. The molecule has 5 heteroatoms. The van der Waals surface area contributed by atoms with Gasteiger partial charge in [-0.1, -0.05) is 34.1 Å². The minimum atomic E-state index is 0.00292. The molecule has 0 spiro atoms. The van der Waals surface area contributed by atoms with E-state index in [1.54, 1.807) is 10.9 Å². The number of nitrogens with one attached hydrogen (secondary N) is 1. The van der Waals surface area contributed by atoms with Crippen LogP contribution in [0.5, 0.6) is 0 Å². The van der Waals surface area contributed by atoms with Crippen LogP contribution < -0.4 is 5.32 Å². The van der Waals surface area contributed by atoms with Crippen molar-refractivity contribution < 1.29 is 4.79 Å². The van der Waals surface area contributed by atoms with E-state index in [0.29, 0.717) is 12.8 Å². The summed E-state index contributed by atoms with van der Waals surface area (Å²) in [5, 5.41) is 7.10. The van der Waals surface area contributed by atoms with Crippen molar-refractivity contribution in [1.29, 1.82) is 0 Å². The van der Waals surface area contributed by atoms with Gasteiger partial charge in [0.1, 0.15) is 5.82 Å². The Labute approximate surface area is 127 Å². The van der Waals surface area contributed by atoms with E-state index >= 15 is 0 Å². The molecule has 1 aromatic carbocycles. The average molecular weight is 336 g/mol. The molecule has 0 saturated carbocycles. The summed E-state index contributed by atoms with van der Waals surface area (Å²) < 4.78 is 2.84. The summed E-state index contributed by atoms with van der Waals surface area (Å²) in [6.07, 6.45) is 2.86. The number of nitrogens with zero attached hydrogens (tertiary/aromatic N) is 2. The summed E-state index contributed by atoms with van der Waals surface area (Å²) in [6.45, 7) is 4.06. The zero-order valence-electron chi connectivity index (χ0n) is 11.6. The van der Waals surface area contributed by atoms with Crippen LogP contribution in [0.15, 0.2) is 41.0 Å². The lowest BCUT2D eigenvalue weighted by Gasteiger charge is -2.11. The van der Waals surface area contributed by atoms with E-state index in [0.717, 1.165) is 15.9 Å². The fourth-order valence-electron chi connectivity index (χ4n) is 1.98. The topological polar surface area (TPSA) is 46.9 Å². The van der Waals surface area contributed by atoms with Crippen molar-refractivity contribution >= 4 is 27.7 Å². The summed E-state index contributed by atoms with van der Waals surface area (Å²) >= 11 is 3.49. The van der Waals surface area contributed by atoms with Crippen molar-refractivity contribution in [2.24, 2.45) is 0 Å². The van der Waals surface area contributed by atoms with Crippen LogP contribution in [0.4, 0.5) is 5.82 Å². The minimum absolute atomic E-state index is 0.00292. The number of carbonyl (C=O) groups is 1. The zero-order valence-corrected chi connectivity index (χ0v) is 13.2. The Balaban J connectivity index is 1.93. The predicted molar refractivity (Wildman–Crippen MR) is 83.7 cm³/mol. The van der Waals surface area contributed by atoms with Crippen molar-refractivity contribution in [3.63, 3.8) is 0 Å². The number of carbonyl (C=O) groups excluding carboxylic acids is 1. The summed E-state index contributed by atoms with van der Waals surface area (Å²) in [4.78, 5) is 12.0. The standard InChI is InChI=1S/C15H18BrN3O/c1-11(2)19-14(9-10-17-19)18-15(20)8-7-12-5-3-4-6-13(12)16/h3-6,9-11H,7-8H2,1-2H3,(H,18,20). The van der Waals surface area contributed by atoms with Gasteiger partial charge in [0.15, 0.2) is 0 Å². The number of aryl methyl sites for hydroxylation is 1. The Kier molecular flexibility index (Phi) is 4.95. The van der Waals surface area contributed by atoms with E-state index < -0.39 is 0 Å². The van der Waals surface area contributed by atoms with E-state index in [4.69, 9.17) is 0 Å². The van der Waals surface area contributed by atoms with Crippen molar-refractivity contribution in [3.05, 3.63) is 46.6 Å². The van der Waals surface area contributed by atoms with Gasteiger partial charge in [-0.05, 0) is 31.9 Å². The van der Waals surface area contributed by atoms with Crippen molar-refractivity contribution in [1.82, 2.24) is 9.78 Å². The molecule has 0 unspecified atom stereocenters. The number of aromatic nitrogens is 2. The highest BCUT2D eigenvalue weighted by Crippen LogP contribution is 2.18. The lowest BCUT2D eigenvalue weighted by Crippen LogP contribution is -2.17. The molecule has 2 aromatic rings. The van der Waals surface area contributed by atoms with Gasteiger partial charge in [0.2, 0.25) is 5.91 Å². The van der Waals surface area contributed by atoms with Gasteiger partial charge in [-0.2, -0.15) is 5.10 Å². The SMILES string of the molecule is CC(C)n1nccc1NC(=O)CCc1ccccc1Br. The summed E-state index contributed by atoms with van der Waals surface area (Å²) in [6, 6.07) is 10.00. The monoisotopic (exact) mass is 335 g/mol. The van der Waals surface area contributed by atoms with E-state index in [1.165, 1.54) is 0 Å². The molecule has 0 aliphatic rings. The average Bonchev–Trinajstić information content (AvgIpc) is 2.86. The summed E-state index contributed by atoms with van der Waals surface area (Å²) in [5.74, 6) is 0.750. The maximum Gasteiger partial charge on any atom is 0.225 e. The molecule has 0 aliphatic carbocycles. The van der Waals surface area contributed by atoms with Crippen LogP contribution in [0.3, 0.4) is 0 Å². The molecule has 2 rings (SSSR count). The Hall–Kier alpha value is -1.62. The molecular formula is C15H18BrN3O. The van der Waals surface area contributed by atoms with Crippen LogP contribution in [-0.2, 0) is 11.2 Å². The molecule has 0 bridgehead atoms. The second kappa shape index (κ2) is 6.70. The van der Waals surface area contributed by atoms with Gasteiger partial charge in [0, 0.05) is 23.0 Å². The van der Waals surface area contributed by atoms with Crippen LogP contribution >= 0.6 is 15.9 Å². The number of anilines is 1. The zero-order chi connectivity index (χ0) is 14.5. The normalized spacial score (nSPS) is 10.8. The van der Waals surface area contributed by atoms with Crippen LogP contribution in [0.1, 0.15) is 31.9 Å². The van der Waals surface area contributed by atoms with Gasteiger partial charge in [0.05, 0.1) is 6.20 Å². The van der Waals surface area contributed by atoms with Gasteiger partial charge < -0.3 is 5.32 Å². The first-order chi connectivity index (χ1) is 9.58. The van der Waals surface area contributed by atoms with Crippen molar-refractivity contribution in [2.45, 2.75) is 32.7 Å². The van der Waals surface area contributed by atoms with Crippen molar-refractivity contribution in [3.8, 4) is 0 Å². The van der Waals surface area contributed by atoms with Crippen LogP contribution in [-0.4, -0.2) is 15.7 Å². The fraction of sp³-hybridized carbons (Fsp3) is 0.333. The number of halogens is 1. The van der Waals surface area contributed by atoms with Gasteiger partial charge in [-0.25, -0.2) is 4.68 Å². The number of hydrogen-bond acceptors (Lipinski definition) is 2. The summed E-state index contributed by atoms with van der Waals surface area (Å²) in [5.41, 5.74) is 1.14. The third kappa shape index (κ3) is 3.70. The molecule has 0 aliphatic heterocycles. The van der Waals surface area contributed by atoms with E-state index in [1.807, 2.05) is 44.2 Å². The molecule has 0 radical (unpaired) electrons. The van der Waals surface area contributed by atoms with Crippen molar-refractivity contribution in [2.75, 3.05) is 5.32 Å². The largest absolute Gasteiger partial charge is 0.311 e. The molecule has 106 valence electrons. The second-order valence-electron chi connectivity index (χ2n) is 4.89. The molecule has 1 aromatic heterocycles. The number of benzene rings is 1. The third-order valence-electron chi connectivity index (χ3n) is 3.01. The number of hydrogen-bond donors (Lipinski definition) is 1. The molecular weight excluding hydrogens is 318 g/mol. The van der Waals surface area contributed by atoms with E-state index in [-0.39, 0.29) is 11.9 Å². The second-order valence-corrected chi connectivity index (χ2v) is 5.75. The quantitative estimate of drug-likeness (QED) is 0.903. The molecule has 4 nitrogen and oxygen atoms in total. The third-order valence-corrected chi connectivity index (χ3v) is 3.78. The summed E-state index contributed by atoms with van der Waals surface area (Å²) in [7, 11) is 0. The lowest BCUT2D eigenvalue weighted by atomic mass is 10.1. The van der Waals surface area contributed by atoms with E-state index in [2.05, 4.69) is 26.3 Å². The van der Waals surface area contributed by atoms with Gasteiger partial charge in [0.25, 0.3) is 0 Å². The highest BCUT2D eigenvalue weighted by Gasteiger charge is 2.10. The molecule has 1 N–H and O–H groups in total.